The Hall–Kier alpha value is -1.06. The first kappa shape index (κ1) is 10.5. The number of nitrogens with zero attached hydrogens (tertiary/aromatic N) is 1. The summed E-state index contributed by atoms with van der Waals surface area (Å²) in [6, 6.07) is 8.57. The Kier molecular flexibility index (Phi) is 3.59. The minimum atomic E-state index is 0.841. The minimum Gasteiger partial charge on any atom is -0.378 e. The van der Waals surface area contributed by atoms with Crippen LogP contribution in [0.1, 0.15) is 5.56 Å². The second kappa shape index (κ2) is 5.14. The Balaban J connectivity index is 2.17. The van der Waals surface area contributed by atoms with Gasteiger partial charge in [-0.2, -0.15) is 0 Å². The third kappa shape index (κ3) is 2.49. The van der Waals surface area contributed by atoms with Gasteiger partial charge in [0.05, 0.1) is 13.2 Å². The number of benzene rings is 1. The monoisotopic (exact) mass is 206 g/mol. The van der Waals surface area contributed by atoms with Crippen LogP contribution in [0.15, 0.2) is 24.3 Å². The van der Waals surface area contributed by atoms with Crippen LogP contribution in [0.25, 0.3) is 0 Å². The fraction of sp³-hybridized carbons (Fsp3) is 0.500. The summed E-state index contributed by atoms with van der Waals surface area (Å²) >= 11 is 0. The summed E-state index contributed by atoms with van der Waals surface area (Å²) in [5, 5.41) is 3.21. The highest BCUT2D eigenvalue weighted by Crippen LogP contribution is 2.20. The normalized spacial score (nSPS) is 16.7. The number of hydrogen-bond acceptors (Lipinski definition) is 3. The summed E-state index contributed by atoms with van der Waals surface area (Å²) in [5.74, 6) is 0. The maximum atomic E-state index is 5.36. The molecule has 0 atom stereocenters. The second-order valence-electron chi connectivity index (χ2n) is 3.76. The molecule has 82 valence electrons. The molecule has 0 radical (unpaired) electrons. The third-order valence-electron chi connectivity index (χ3n) is 2.71. The molecular weight excluding hydrogens is 188 g/mol. The Bertz CT molecular complexity index is 308. The number of nitrogens with one attached hydrogen (secondary N) is 1. The third-order valence-corrected chi connectivity index (χ3v) is 2.71. The van der Waals surface area contributed by atoms with Crippen molar-refractivity contribution in [3.63, 3.8) is 0 Å². The summed E-state index contributed by atoms with van der Waals surface area (Å²) in [5.41, 5.74) is 2.71. The molecule has 1 aliphatic heterocycles. The van der Waals surface area contributed by atoms with Crippen molar-refractivity contribution in [2.45, 2.75) is 6.54 Å². The van der Waals surface area contributed by atoms with E-state index in [0.29, 0.717) is 0 Å². The van der Waals surface area contributed by atoms with Crippen molar-refractivity contribution in [3.05, 3.63) is 29.8 Å². The summed E-state index contributed by atoms with van der Waals surface area (Å²) in [7, 11) is 1.98. The molecule has 1 fully saturated rings. The van der Waals surface area contributed by atoms with E-state index < -0.39 is 0 Å². The average molecular weight is 206 g/mol. The molecule has 1 saturated heterocycles. The number of morpholine rings is 1. The molecule has 15 heavy (non-hydrogen) atoms. The highest BCUT2D eigenvalue weighted by Gasteiger charge is 2.13. The Morgan fingerprint density at radius 1 is 1.27 bits per heavy atom. The fourth-order valence-corrected chi connectivity index (χ4v) is 1.96. The summed E-state index contributed by atoms with van der Waals surface area (Å²) in [6.45, 7) is 4.61. The van der Waals surface area contributed by atoms with Crippen molar-refractivity contribution in [2.75, 3.05) is 38.3 Å². The van der Waals surface area contributed by atoms with Gasteiger partial charge in [0.15, 0.2) is 0 Å². The molecule has 2 rings (SSSR count). The van der Waals surface area contributed by atoms with Crippen molar-refractivity contribution in [1.29, 1.82) is 0 Å². The molecule has 0 saturated carbocycles. The molecule has 0 aromatic heterocycles. The maximum Gasteiger partial charge on any atom is 0.0642 e. The molecule has 3 heteroatoms. The van der Waals surface area contributed by atoms with Crippen LogP contribution in [-0.4, -0.2) is 33.4 Å². The molecule has 0 aliphatic carbocycles. The highest BCUT2D eigenvalue weighted by molar-refractivity contribution is 5.53. The van der Waals surface area contributed by atoms with Gasteiger partial charge in [-0.05, 0) is 18.7 Å². The molecule has 1 aromatic rings. The van der Waals surface area contributed by atoms with Gasteiger partial charge in [-0.15, -0.1) is 0 Å². The molecule has 1 heterocycles. The van der Waals surface area contributed by atoms with Gasteiger partial charge >= 0.3 is 0 Å². The first-order chi connectivity index (χ1) is 7.42. The number of ether oxygens (including phenoxy) is 1. The number of anilines is 1. The van der Waals surface area contributed by atoms with Crippen LogP contribution < -0.4 is 10.2 Å². The standard InChI is InChI=1S/C12H18N2O/c1-13-10-11-4-2-3-5-12(11)14-6-8-15-9-7-14/h2-5,13H,6-10H2,1H3. The van der Waals surface area contributed by atoms with Crippen molar-refractivity contribution < 1.29 is 4.74 Å². The summed E-state index contributed by atoms with van der Waals surface area (Å²) in [6.07, 6.45) is 0. The number of para-hydroxylation sites is 1. The lowest BCUT2D eigenvalue weighted by Crippen LogP contribution is -2.37. The minimum absolute atomic E-state index is 0.841. The molecule has 0 amide bonds. The Morgan fingerprint density at radius 2 is 2.00 bits per heavy atom. The van der Waals surface area contributed by atoms with Crippen LogP contribution in [0.4, 0.5) is 5.69 Å². The van der Waals surface area contributed by atoms with E-state index in [4.69, 9.17) is 4.74 Å². The van der Waals surface area contributed by atoms with Crippen LogP contribution >= 0.6 is 0 Å². The quantitative estimate of drug-likeness (QED) is 0.805. The summed E-state index contributed by atoms with van der Waals surface area (Å²) < 4.78 is 5.36. The van der Waals surface area contributed by atoms with Crippen LogP contribution in [0.3, 0.4) is 0 Å². The molecule has 0 bridgehead atoms. The van der Waals surface area contributed by atoms with Crippen molar-refractivity contribution in [2.24, 2.45) is 0 Å². The Morgan fingerprint density at radius 3 is 2.73 bits per heavy atom. The van der Waals surface area contributed by atoms with Crippen LogP contribution in [0.5, 0.6) is 0 Å². The van der Waals surface area contributed by atoms with Crippen LogP contribution in [-0.2, 0) is 11.3 Å². The maximum absolute atomic E-state index is 5.36. The van der Waals surface area contributed by atoms with Gasteiger partial charge in [0.25, 0.3) is 0 Å². The van der Waals surface area contributed by atoms with Gasteiger partial charge in [0, 0.05) is 25.3 Å². The fourth-order valence-electron chi connectivity index (χ4n) is 1.96. The zero-order valence-corrected chi connectivity index (χ0v) is 9.20. The molecular formula is C12H18N2O. The lowest BCUT2D eigenvalue weighted by atomic mass is 10.1. The topological polar surface area (TPSA) is 24.5 Å². The molecule has 1 aromatic carbocycles. The zero-order valence-electron chi connectivity index (χ0n) is 9.20. The predicted molar refractivity (Wildman–Crippen MR) is 62.2 cm³/mol. The Labute approximate surface area is 91.0 Å². The van der Waals surface area contributed by atoms with Crippen molar-refractivity contribution >= 4 is 5.69 Å². The van der Waals surface area contributed by atoms with E-state index in [1.807, 2.05) is 7.05 Å². The van der Waals surface area contributed by atoms with E-state index in [0.717, 1.165) is 32.8 Å². The molecule has 1 aliphatic rings. The van der Waals surface area contributed by atoms with Crippen LogP contribution in [0, 0.1) is 0 Å². The van der Waals surface area contributed by atoms with E-state index in [9.17, 15) is 0 Å². The van der Waals surface area contributed by atoms with Gasteiger partial charge in [-0.25, -0.2) is 0 Å². The largest absolute Gasteiger partial charge is 0.378 e. The molecule has 0 unspecified atom stereocenters. The number of hydrogen-bond donors (Lipinski definition) is 1. The zero-order chi connectivity index (χ0) is 10.5. The first-order valence-corrected chi connectivity index (χ1v) is 5.47. The average Bonchev–Trinajstić information content (AvgIpc) is 2.31. The van der Waals surface area contributed by atoms with E-state index >= 15 is 0 Å². The SMILES string of the molecule is CNCc1ccccc1N1CCOCC1. The van der Waals surface area contributed by atoms with Gasteiger partial charge in [0.2, 0.25) is 0 Å². The smallest absolute Gasteiger partial charge is 0.0642 e. The lowest BCUT2D eigenvalue weighted by Gasteiger charge is -2.30. The second-order valence-corrected chi connectivity index (χ2v) is 3.76. The van der Waals surface area contributed by atoms with E-state index in [-0.39, 0.29) is 0 Å². The van der Waals surface area contributed by atoms with Crippen molar-refractivity contribution in [3.8, 4) is 0 Å². The highest BCUT2D eigenvalue weighted by atomic mass is 16.5. The molecule has 0 spiro atoms. The number of rotatable bonds is 3. The summed E-state index contributed by atoms with van der Waals surface area (Å²) in [4.78, 5) is 2.40. The van der Waals surface area contributed by atoms with E-state index in [1.165, 1.54) is 11.3 Å². The first-order valence-electron chi connectivity index (χ1n) is 5.47. The van der Waals surface area contributed by atoms with Crippen molar-refractivity contribution in [1.82, 2.24) is 5.32 Å². The van der Waals surface area contributed by atoms with Gasteiger partial charge < -0.3 is 15.0 Å². The van der Waals surface area contributed by atoms with Gasteiger partial charge in [-0.1, -0.05) is 18.2 Å². The molecule has 1 N–H and O–H groups in total. The van der Waals surface area contributed by atoms with E-state index in [2.05, 4.69) is 34.5 Å². The predicted octanol–water partition coefficient (Wildman–Crippen LogP) is 1.24. The lowest BCUT2D eigenvalue weighted by molar-refractivity contribution is 0.122. The van der Waals surface area contributed by atoms with E-state index in [1.54, 1.807) is 0 Å². The van der Waals surface area contributed by atoms with Gasteiger partial charge in [0.1, 0.15) is 0 Å². The van der Waals surface area contributed by atoms with Crippen LogP contribution in [0.2, 0.25) is 0 Å². The van der Waals surface area contributed by atoms with Gasteiger partial charge in [-0.3, -0.25) is 0 Å². The molecule has 3 nitrogen and oxygen atoms in total.